The zero-order valence-corrected chi connectivity index (χ0v) is 4.35. The van der Waals surface area contributed by atoms with Gasteiger partial charge in [-0.1, -0.05) is 0 Å². The molecule has 0 aliphatic carbocycles. The first kappa shape index (κ1) is 6.75. The van der Waals surface area contributed by atoms with Crippen LogP contribution in [-0.4, -0.2) is 0 Å². The first-order valence-corrected chi connectivity index (χ1v) is 1.75. The van der Waals surface area contributed by atoms with E-state index in [1.165, 1.54) is 0 Å². The predicted octanol–water partition coefficient (Wildman–Crippen LogP) is -1.53. The molecule has 1 nitrogen and oxygen atoms in total. The predicted molar refractivity (Wildman–Crippen MR) is 23.2 cm³/mol. The van der Waals surface area contributed by atoms with Crippen LogP contribution in [0.2, 0.25) is 0 Å². The Morgan fingerprint density at radius 2 is 2.29 bits per heavy atom. The molecule has 0 aromatic carbocycles. The Hall–Kier alpha value is -0.253. The maximum Gasteiger partial charge on any atom is 1.00 e. The van der Waals surface area contributed by atoms with Crippen LogP contribution < -0.4 is 18.9 Å². The molecule has 2 heteroatoms. The molecular formula is C5H5LiO. The molecule has 32 valence electrons. The van der Waals surface area contributed by atoms with Crippen LogP contribution in [0.4, 0.5) is 0 Å². The van der Waals surface area contributed by atoms with Crippen molar-refractivity contribution in [3.05, 3.63) is 31.1 Å². The molecule has 1 aromatic rings. The average molecular weight is 88.0 g/mol. The molecule has 1 rings (SSSR count). The average Bonchev–Trinajstić information content (AvgIpc) is 1.86. The minimum atomic E-state index is 0. The molecule has 0 bridgehead atoms. The summed E-state index contributed by atoms with van der Waals surface area (Å²) in [7, 11) is 0. The summed E-state index contributed by atoms with van der Waals surface area (Å²) in [6.07, 6.45) is 1.60. The second-order valence-electron chi connectivity index (χ2n) is 1.08. The van der Waals surface area contributed by atoms with E-state index in [0.717, 1.165) is 5.76 Å². The van der Waals surface area contributed by atoms with E-state index in [0.29, 0.717) is 0 Å². The molecule has 0 saturated carbocycles. The molecule has 0 N–H and O–H groups in total. The molecule has 0 atom stereocenters. The van der Waals surface area contributed by atoms with Gasteiger partial charge in [0.1, 0.15) is 0 Å². The number of hydrogen-bond donors (Lipinski definition) is 0. The SMILES string of the molecule is [CH2-]c1ccco1.[Li+]. The molecule has 0 radical (unpaired) electrons. The Kier molecular flexibility index (Phi) is 2.74. The van der Waals surface area contributed by atoms with Gasteiger partial charge in [-0.15, -0.1) is 6.07 Å². The van der Waals surface area contributed by atoms with Crippen molar-refractivity contribution in [3.8, 4) is 0 Å². The maximum atomic E-state index is 4.72. The van der Waals surface area contributed by atoms with Crippen LogP contribution in [0.15, 0.2) is 22.8 Å². The van der Waals surface area contributed by atoms with Gasteiger partial charge in [0.15, 0.2) is 0 Å². The zero-order chi connectivity index (χ0) is 4.41. The van der Waals surface area contributed by atoms with Crippen molar-refractivity contribution in [2.45, 2.75) is 0 Å². The third kappa shape index (κ3) is 1.77. The van der Waals surface area contributed by atoms with Gasteiger partial charge in [0.2, 0.25) is 0 Å². The van der Waals surface area contributed by atoms with Crippen LogP contribution in [0.1, 0.15) is 5.76 Å². The summed E-state index contributed by atoms with van der Waals surface area (Å²) in [6.45, 7) is 3.51. The maximum absolute atomic E-state index is 4.72. The van der Waals surface area contributed by atoms with Crippen LogP contribution in [-0.2, 0) is 0 Å². The molecular weight excluding hydrogens is 83.0 g/mol. The standard InChI is InChI=1S/C5H5O.Li/c1-5-3-2-4-6-5;/h2-4H,1H2;/q-1;+1. The number of furan rings is 1. The summed E-state index contributed by atoms with van der Waals surface area (Å²) in [5.74, 6) is 0.718. The molecule has 0 fully saturated rings. The van der Waals surface area contributed by atoms with Gasteiger partial charge in [-0.3, -0.25) is 0 Å². The van der Waals surface area contributed by atoms with Crippen LogP contribution in [0.3, 0.4) is 0 Å². The first-order chi connectivity index (χ1) is 2.89. The molecule has 7 heavy (non-hydrogen) atoms. The smallest absolute Gasteiger partial charge is 0.504 e. The Morgan fingerprint density at radius 1 is 1.57 bits per heavy atom. The van der Waals surface area contributed by atoms with Gasteiger partial charge in [0.25, 0.3) is 0 Å². The molecule has 0 aliphatic heterocycles. The molecule has 1 aromatic heterocycles. The van der Waals surface area contributed by atoms with E-state index in [1.54, 1.807) is 12.3 Å². The van der Waals surface area contributed by atoms with E-state index >= 15 is 0 Å². The molecule has 1 heterocycles. The van der Waals surface area contributed by atoms with Gasteiger partial charge < -0.3 is 4.42 Å². The summed E-state index contributed by atoms with van der Waals surface area (Å²) < 4.78 is 4.72. The molecule has 0 unspecified atom stereocenters. The Labute approximate surface area is 54.9 Å². The summed E-state index contributed by atoms with van der Waals surface area (Å²) in [5.41, 5.74) is 0. The van der Waals surface area contributed by atoms with Crippen molar-refractivity contribution in [2.75, 3.05) is 0 Å². The largest absolute Gasteiger partial charge is 1.00 e. The first-order valence-electron chi connectivity index (χ1n) is 1.75. The third-order valence-electron chi connectivity index (χ3n) is 0.580. The van der Waals surface area contributed by atoms with Crippen LogP contribution in [0, 0.1) is 6.92 Å². The monoisotopic (exact) mass is 88.1 g/mol. The van der Waals surface area contributed by atoms with Crippen LogP contribution in [0.5, 0.6) is 0 Å². The van der Waals surface area contributed by atoms with Crippen molar-refractivity contribution in [3.63, 3.8) is 0 Å². The van der Waals surface area contributed by atoms with Gasteiger partial charge in [0.05, 0.1) is 6.26 Å². The fourth-order valence-electron chi connectivity index (χ4n) is 0.313. The second kappa shape index (κ2) is 2.85. The van der Waals surface area contributed by atoms with E-state index in [1.807, 2.05) is 6.07 Å². The van der Waals surface area contributed by atoms with Crippen molar-refractivity contribution in [1.82, 2.24) is 0 Å². The normalized spacial score (nSPS) is 7.43. The van der Waals surface area contributed by atoms with Crippen molar-refractivity contribution in [2.24, 2.45) is 0 Å². The van der Waals surface area contributed by atoms with Gasteiger partial charge in [-0.2, -0.15) is 6.07 Å². The second-order valence-corrected chi connectivity index (χ2v) is 1.08. The minimum Gasteiger partial charge on any atom is -0.504 e. The quantitative estimate of drug-likeness (QED) is 0.277. The fourth-order valence-corrected chi connectivity index (χ4v) is 0.313. The summed E-state index contributed by atoms with van der Waals surface area (Å²) >= 11 is 0. The van der Waals surface area contributed by atoms with Crippen molar-refractivity contribution >= 4 is 0 Å². The number of hydrogen-bond acceptors (Lipinski definition) is 1. The van der Waals surface area contributed by atoms with E-state index in [-0.39, 0.29) is 18.9 Å². The fraction of sp³-hybridized carbons (Fsp3) is 0. The topological polar surface area (TPSA) is 13.1 Å². The zero-order valence-electron chi connectivity index (χ0n) is 4.35. The van der Waals surface area contributed by atoms with Gasteiger partial charge in [0, 0.05) is 0 Å². The van der Waals surface area contributed by atoms with Crippen molar-refractivity contribution in [1.29, 1.82) is 0 Å². The van der Waals surface area contributed by atoms with E-state index in [2.05, 4.69) is 6.92 Å². The molecule has 0 spiro atoms. The Balaban J connectivity index is 0.000000360. The van der Waals surface area contributed by atoms with Crippen LogP contribution in [0.25, 0.3) is 0 Å². The van der Waals surface area contributed by atoms with Gasteiger partial charge in [-0.25, -0.2) is 6.92 Å². The molecule has 0 amide bonds. The summed E-state index contributed by atoms with van der Waals surface area (Å²) in [5, 5.41) is 0. The molecule has 0 aliphatic rings. The third-order valence-corrected chi connectivity index (χ3v) is 0.580. The van der Waals surface area contributed by atoms with E-state index in [4.69, 9.17) is 4.42 Å². The Morgan fingerprint density at radius 3 is 2.43 bits per heavy atom. The van der Waals surface area contributed by atoms with E-state index in [9.17, 15) is 0 Å². The molecule has 0 saturated heterocycles. The van der Waals surface area contributed by atoms with Gasteiger partial charge >= 0.3 is 18.9 Å². The van der Waals surface area contributed by atoms with Crippen molar-refractivity contribution < 1.29 is 23.3 Å². The van der Waals surface area contributed by atoms with Gasteiger partial charge in [-0.05, 0) is 5.76 Å². The minimum absolute atomic E-state index is 0. The number of rotatable bonds is 0. The summed E-state index contributed by atoms with van der Waals surface area (Å²) in [6, 6.07) is 3.61. The van der Waals surface area contributed by atoms with E-state index < -0.39 is 0 Å². The Bertz CT molecular complexity index is 112. The van der Waals surface area contributed by atoms with Crippen LogP contribution >= 0.6 is 0 Å². The summed E-state index contributed by atoms with van der Waals surface area (Å²) in [4.78, 5) is 0.